The summed E-state index contributed by atoms with van der Waals surface area (Å²) in [6, 6.07) is 11.0. The number of carbonyl (C=O) groups is 1. The SMILES string of the molecule is CCCOc1c(Br)cc(/C=N/NC(=O)c2ccccc2C)cc1OC. The van der Waals surface area contributed by atoms with Crippen LogP contribution in [-0.2, 0) is 0 Å². The second-order valence-electron chi connectivity index (χ2n) is 5.40. The lowest BCUT2D eigenvalue weighted by molar-refractivity contribution is 0.0954. The molecule has 0 aromatic heterocycles. The van der Waals surface area contributed by atoms with Crippen LogP contribution in [0.4, 0.5) is 0 Å². The third-order valence-corrected chi connectivity index (χ3v) is 4.06. The van der Waals surface area contributed by atoms with Crippen LogP contribution in [0.5, 0.6) is 11.5 Å². The Balaban J connectivity index is 2.12. The smallest absolute Gasteiger partial charge is 0.271 e. The average Bonchev–Trinajstić information content (AvgIpc) is 2.60. The summed E-state index contributed by atoms with van der Waals surface area (Å²) in [5, 5.41) is 4.03. The number of hydrogen-bond donors (Lipinski definition) is 1. The molecule has 0 saturated carbocycles. The van der Waals surface area contributed by atoms with E-state index in [4.69, 9.17) is 9.47 Å². The van der Waals surface area contributed by atoms with Gasteiger partial charge in [-0.3, -0.25) is 4.79 Å². The number of amides is 1. The molecule has 5 nitrogen and oxygen atoms in total. The Labute approximate surface area is 156 Å². The van der Waals surface area contributed by atoms with Crippen molar-refractivity contribution in [2.24, 2.45) is 5.10 Å². The molecular weight excluding hydrogens is 384 g/mol. The molecule has 0 radical (unpaired) electrons. The summed E-state index contributed by atoms with van der Waals surface area (Å²) in [6.07, 6.45) is 2.47. The van der Waals surface area contributed by atoms with Gasteiger partial charge in [-0.05, 0) is 58.6 Å². The number of carbonyl (C=O) groups excluding carboxylic acids is 1. The maximum absolute atomic E-state index is 12.1. The Bertz CT molecular complexity index is 775. The second kappa shape index (κ2) is 9.22. The van der Waals surface area contributed by atoms with Crippen molar-refractivity contribution in [2.45, 2.75) is 20.3 Å². The van der Waals surface area contributed by atoms with Crippen LogP contribution in [-0.4, -0.2) is 25.8 Å². The molecular formula is C19H21BrN2O3. The predicted molar refractivity (Wildman–Crippen MR) is 103 cm³/mol. The normalized spacial score (nSPS) is 10.7. The summed E-state index contributed by atoms with van der Waals surface area (Å²) in [6.45, 7) is 4.53. The first-order valence-corrected chi connectivity index (χ1v) is 8.75. The van der Waals surface area contributed by atoms with Crippen molar-refractivity contribution in [1.29, 1.82) is 0 Å². The Morgan fingerprint density at radius 2 is 2.08 bits per heavy atom. The topological polar surface area (TPSA) is 59.9 Å². The van der Waals surface area contributed by atoms with Gasteiger partial charge in [-0.2, -0.15) is 5.10 Å². The van der Waals surface area contributed by atoms with Gasteiger partial charge in [0.05, 0.1) is 24.4 Å². The highest BCUT2D eigenvalue weighted by Gasteiger charge is 2.11. The number of rotatable bonds is 7. The number of hydrazone groups is 1. The Morgan fingerprint density at radius 3 is 2.76 bits per heavy atom. The molecule has 1 amide bonds. The van der Waals surface area contributed by atoms with Gasteiger partial charge in [-0.1, -0.05) is 25.1 Å². The first kappa shape index (κ1) is 19.0. The molecule has 0 saturated heterocycles. The van der Waals surface area contributed by atoms with Gasteiger partial charge in [0.1, 0.15) is 0 Å². The fraction of sp³-hybridized carbons (Fsp3) is 0.263. The number of benzene rings is 2. The zero-order valence-corrected chi connectivity index (χ0v) is 16.1. The average molecular weight is 405 g/mol. The first-order valence-electron chi connectivity index (χ1n) is 7.96. The molecule has 0 aliphatic rings. The van der Waals surface area contributed by atoms with Crippen molar-refractivity contribution in [3.05, 3.63) is 57.6 Å². The van der Waals surface area contributed by atoms with E-state index in [0.717, 1.165) is 22.0 Å². The molecule has 0 aliphatic heterocycles. The van der Waals surface area contributed by atoms with Gasteiger partial charge in [-0.25, -0.2) is 5.43 Å². The molecule has 2 aromatic carbocycles. The number of ether oxygens (including phenoxy) is 2. The molecule has 0 aliphatic carbocycles. The molecule has 0 heterocycles. The number of methoxy groups -OCH3 is 1. The molecule has 1 N–H and O–H groups in total. The third-order valence-electron chi connectivity index (χ3n) is 3.47. The third kappa shape index (κ3) is 5.06. The molecule has 0 fully saturated rings. The van der Waals surface area contributed by atoms with Gasteiger partial charge in [0.25, 0.3) is 5.91 Å². The molecule has 0 bridgehead atoms. The van der Waals surface area contributed by atoms with Gasteiger partial charge in [0.2, 0.25) is 0 Å². The molecule has 0 atom stereocenters. The molecule has 2 rings (SSSR count). The van der Waals surface area contributed by atoms with Crippen molar-refractivity contribution in [3.8, 4) is 11.5 Å². The van der Waals surface area contributed by atoms with Crippen molar-refractivity contribution in [2.75, 3.05) is 13.7 Å². The molecule has 132 valence electrons. The summed E-state index contributed by atoms with van der Waals surface area (Å²) in [7, 11) is 1.58. The van der Waals surface area contributed by atoms with Gasteiger partial charge in [-0.15, -0.1) is 0 Å². The maximum Gasteiger partial charge on any atom is 0.271 e. The van der Waals surface area contributed by atoms with Crippen LogP contribution in [0.15, 0.2) is 46.0 Å². The fourth-order valence-electron chi connectivity index (χ4n) is 2.21. The highest BCUT2D eigenvalue weighted by Crippen LogP contribution is 2.36. The monoisotopic (exact) mass is 404 g/mol. The van der Waals surface area contributed by atoms with Crippen LogP contribution in [0.25, 0.3) is 0 Å². The summed E-state index contributed by atoms with van der Waals surface area (Å²) >= 11 is 3.48. The minimum atomic E-state index is -0.247. The van der Waals surface area contributed by atoms with E-state index in [2.05, 4.69) is 26.5 Å². The minimum absolute atomic E-state index is 0.247. The van der Waals surface area contributed by atoms with E-state index in [9.17, 15) is 4.79 Å². The molecule has 2 aromatic rings. The lowest BCUT2D eigenvalue weighted by Gasteiger charge is -2.12. The molecule has 0 unspecified atom stereocenters. The Kier molecular flexibility index (Phi) is 7.01. The molecule has 6 heteroatoms. The van der Waals surface area contributed by atoms with Crippen LogP contribution < -0.4 is 14.9 Å². The molecule has 25 heavy (non-hydrogen) atoms. The van der Waals surface area contributed by atoms with Crippen LogP contribution in [0.2, 0.25) is 0 Å². The van der Waals surface area contributed by atoms with Crippen molar-refractivity contribution >= 4 is 28.1 Å². The second-order valence-corrected chi connectivity index (χ2v) is 6.25. The quantitative estimate of drug-likeness (QED) is 0.552. The lowest BCUT2D eigenvalue weighted by Crippen LogP contribution is -2.18. The Hall–Kier alpha value is -2.34. The fourth-order valence-corrected chi connectivity index (χ4v) is 2.79. The van der Waals surface area contributed by atoms with Gasteiger partial charge >= 0.3 is 0 Å². The highest BCUT2D eigenvalue weighted by molar-refractivity contribution is 9.10. The van der Waals surface area contributed by atoms with Gasteiger partial charge in [0.15, 0.2) is 11.5 Å². The highest BCUT2D eigenvalue weighted by atomic mass is 79.9. The number of nitrogens with zero attached hydrogens (tertiary/aromatic N) is 1. The standard InChI is InChI=1S/C19H21BrN2O3/c1-4-9-25-18-16(20)10-14(11-17(18)24-3)12-21-22-19(23)15-8-6-5-7-13(15)2/h5-8,10-12H,4,9H2,1-3H3,(H,22,23)/b21-12+. The summed E-state index contributed by atoms with van der Waals surface area (Å²) in [5.74, 6) is 1.02. The van der Waals surface area contributed by atoms with E-state index < -0.39 is 0 Å². The van der Waals surface area contributed by atoms with E-state index in [0.29, 0.717) is 23.7 Å². The van der Waals surface area contributed by atoms with Crippen LogP contribution in [0.1, 0.15) is 34.8 Å². The number of nitrogens with one attached hydrogen (secondary N) is 1. The summed E-state index contributed by atoms with van der Waals surface area (Å²) in [5.41, 5.74) is 4.81. The van der Waals surface area contributed by atoms with E-state index >= 15 is 0 Å². The van der Waals surface area contributed by atoms with E-state index in [1.54, 1.807) is 25.5 Å². The van der Waals surface area contributed by atoms with E-state index in [-0.39, 0.29) is 5.91 Å². The Morgan fingerprint density at radius 1 is 1.32 bits per heavy atom. The van der Waals surface area contributed by atoms with Crippen LogP contribution in [0.3, 0.4) is 0 Å². The molecule has 0 spiro atoms. The van der Waals surface area contributed by atoms with Gasteiger partial charge in [0, 0.05) is 5.56 Å². The first-order chi connectivity index (χ1) is 12.1. The summed E-state index contributed by atoms with van der Waals surface area (Å²) in [4.78, 5) is 12.1. The number of halogens is 1. The van der Waals surface area contributed by atoms with Crippen molar-refractivity contribution < 1.29 is 14.3 Å². The van der Waals surface area contributed by atoms with Crippen LogP contribution in [0, 0.1) is 6.92 Å². The van der Waals surface area contributed by atoms with Crippen molar-refractivity contribution in [1.82, 2.24) is 5.43 Å². The van der Waals surface area contributed by atoms with E-state index in [1.165, 1.54) is 0 Å². The number of hydrogen-bond acceptors (Lipinski definition) is 4. The van der Waals surface area contributed by atoms with Crippen molar-refractivity contribution in [3.63, 3.8) is 0 Å². The number of aryl methyl sites for hydroxylation is 1. The summed E-state index contributed by atoms with van der Waals surface area (Å²) < 4.78 is 11.8. The lowest BCUT2D eigenvalue weighted by atomic mass is 10.1. The van der Waals surface area contributed by atoms with Gasteiger partial charge < -0.3 is 9.47 Å². The van der Waals surface area contributed by atoms with E-state index in [1.807, 2.05) is 38.1 Å². The largest absolute Gasteiger partial charge is 0.493 e. The maximum atomic E-state index is 12.1. The predicted octanol–water partition coefficient (Wildman–Crippen LogP) is 4.32. The van der Waals surface area contributed by atoms with Crippen LogP contribution >= 0.6 is 15.9 Å². The zero-order chi connectivity index (χ0) is 18.2. The zero-order valence-electron chi connectivity index (χ0n) is 14.5. The minimum Gasteiger partial charge on any atom is -0.493 e.